The van der Waals surface area contributed by atoms with Gasteiger partial charge in [0.1, 0.15) is 0 Å². The highest BCUT2D eigenvalue weighted by Crippen LogP contribution is 2.21. The van der Waals surface area contributed by atoms with Crippen molar-refractivity contribution in [2.75, 3.05) is 0 Å². The third-order valence-electron chi connectivity index (χ3n) is 2.15. The lowest BCUT2D eigenvalue weighted by atomic mass is 9.90. The first-order valence-electron chi connectivity index (χ1n) is 5.29. The fourth-order valence-electron chi connectivity index (χ4n) is 1.42. The summed E-state index contributed by atoms with van der Waals surface area (Å²) in [7, 11) is 0. The Hall–Kier alpha value is 0.200. The molecule has 0 aromatic rings. The molecule has 14 heavy (non-hydrogen) atoms. The number of carbonyl (C=O) groups is 1. The third kappa shape index (κ3) is 5.83. The van der Waals surface area contributed by atoms with Gasteiger partial charge in [0.25, 0.3) is 0 Å². The van der Waals surface area contributed by atoms with Crippen molar-refractivity contribution in [3.8, 4) is 0 Å². The first kappa shape index (κ1) is 14.2. The summed E-state index contributed by atoms with van der Waals surface area (Å²) in [6.45, 7) is 10.4. The van der Waals surface area contributed by atoms with Crippen LogP contribution in [0.15, 0.2) is 0 Å². The minimum Gasteiger partial charge on any atom is -0.354 e. The van der Waals surface area contributed by atoms with Crippen LogP contribution in [0.1, 0.15) is 41.0 Å². The van der Waals surface area contributed by atoms with Crippen molar-refractivity contribution < 1.29 is 4.79 Å². The lowest BCUT2D eigenvalue weighted by molar-refractivity contribution is -0.127. The van der Waals surface area contributed by atoms with E-state index in [0.29, 0.717) is 9.84 Å². The molecule has 0 heterocycles. The van der Waals surface area contributed by atoms with Gasteiger partial charge in [0, 0.05) is 15.9 Å². The Morgan fingerprint density at radius 2 is 1.71 bits per heavy atom. The lowest BCUT2D eigenvalue weighted by Gasteiger charge is -2.22. The highest BCUT2D eigenvalue weighted by molar-refractivity contribution is 14.1. The number of halogens is 1. The summed E-state index contributed by atoms with van der Waals surface area (Å²) in [5.74, 6) is 0.786. The Bertz CT molecular complexity index is 178. The maximum absolute atomic E-state index is 11.8. The van der Waals surface area contributed by atoms with Crippen LogP contribution in [0.2, 0.25) is 0 Å². The highest BCUT2D eigenvalue weighted by atomic mass is 127. The SMILES string of the molecule is CC(I)CC(C(=O)NC(C)C)C(C)C. The predicted molar refractivity (Wildman–Crippen MR) is 69.7 cm³/mol. The van der Waals surface area contributed by atoms with Crippen LogP contribution in [-0.2, 0) is 4.79 Å². The lowest BCUT2D eigenvalue weighted by Crippen LogP contribution is -2.38. The molecular weight excluding hydrogens is 289 g/mol. The third-order valence-corrected chi connectivity index (χ3v) is 2.66. The average Bonchev–Trinajstić information content (AvgIpc) is 1.97. The maximum Gasteiger partial charge on any atom is 0.223 e. The van der Waals surface area contributed by atoms with Crippen molar-refractivity contribution in [3.63, 3.8) is 0 Å². The smallest absolute Gasteiger partial charge is 0.223 e. The van der Waals surface area contributed by atoms with Crippen LogP contribution in [0.3, 0.4) is 0 Å². The minimum atomic E-state index is 0.157. The van der Waals surface area contributed by atoms with E-state index in [1.807, 2.05) is 13.8 Å². The molecule has 0 rings (SSSR count). The van der Waals surface area contributed by atoms with Gasteiger partial charge in [0.15, 0.2) is 0 Å². The summed E-state index contributed by atoms with van der Waals surface area (Å²) in [5.41, 5.74) is 0. The molecule has 0 fully saturated rings. The Morgan fingerprint density at radius 3 is 2.00 bits per heavy atom. The molecule has 0 aromatic carbocycles. The second-order valence-electron chi connectivity index (χ2n) is 4.53. The summed E-state index contributed by atoms with van der Waals surface area (Å²) < 4.78 is 0.554. The molecule has 1 amide bonds. The Labute approximate surface area is 101 Å². The van der Waals surface area contributed by atoms with Crippen molar-refractivity contribution in [3.05, 3.63) is 0 Å². The monoisotopic (exact) mass is 311 g/mol. The largest absolute Gasteiger partial charge is 0.354 e. The first-order chi connectivity index (χ1) is 6.34. The normalized spacial score (nSPS) is 15.7. The second-order valence-corrected chi connectivity index (χ2v) is 6.66. The summed E-state index contributed by atoms with van der Waals surface area (Å²) in [5, 5.41) is 2.99. The van der Waals surface area contributed by atoms with Crippen LogP contribution >= 0.6 is 22.6 Å². The zero-order valence-electron chi connectivity index (χ0n) is 9.80. The van der Waals surface area contributed by atoms with Crippen LogP contribution in [0.4, 0.5) is 0 Å². The van der Waals surface area contributed by atoms with Gasteiger partial charge in [-0.15, -0.1) is 0 Å². The number of alkyl halides is 1. The quantitative estimate of drug-likeness (QED) is 0.614. The van der Waals surface area contributed by atoms with Gasteiger partial charge < -0.3 is 5.32 Å². The summed E-state index contributed by atoms with van der Waals surface area (Å²) in [6, 6.07) is 0.244. The molecule has 0 aliphatic carbocycles. The molecule has 0 saturated heterocycles. The molecule has 2 unspecified atom stereocenters. The minimum absolute atomic E-state index is 0.157. The molecule has 0 saturated carbocycles. The number of hydrogen-bond donors (Lipinski definition) is 1. The van der Waals surface area contributed by atoms with Gasteiger partial charge in [0.2, 0.25) is 5.91 Å². The fourth-order valence-corrected chi connectivity index (χ4v) is 1.97. The molecule has 3 heteroatoms. The Kier molecular flexibility index (Phi) is 6.74. The van der Waals surface area contributed by atoms with Crippen LogP contribution in [0.25, 0.3) is 0 Å². The number of rotatable bonds is 5. The molecule has 1 N–H and O–H groups in total. The average molecular weight is 311 g/mol. The first-order valence-corrected chi connectivity index (χ1v) is 6.53. The van der Waals surface area contributed by atoms with Crippen LogP contribution in [-0.4, -0.2) is 15.9 Å². The van der Waals surface area contributed by atoms with Crippen molar-refractivity contribution in [1.82, 2.24) is 5.32 Å². The van der Waals surface area contributed by atoms with Gasteiger partial charge >= 0.3 is 0 Å². The van der Waals surface area contributed by atoms with E-state index in [1.165, 1.54) is 0 Å². The topological polar surface area (TPSA) is 29.1 Å². The Morgan fingerprint density at radius 1 is 1.21 bits per heavy atom. The van der Waals surface area contributed by atoms with E-state index in [9.17, 15) is 4.79 Å². The van der Waals surface area contributed by atoms with Crippen molar-refractivity contribution in [2.24, 2.45) is 11.8 Å². The van der Waals surface area contributed by atoms with Crippen molar-refractivity contribution in [2.45, 2.75) is 51.0 Å². The molecule has 0 aliphatic rings. The molecule has 0 aromatic heterocycles. The predicted octanol–water partition coefficient (Wildman–Crippen LogP) is 3.00. The summed E-state index contributed by atoms with van der Waals surface area (Å²) >= 11 is 2.38. The van der Waals surface area contributed by atoms with Crippen LogP contribution in [0, 0.1) is 11.8 Å². The van der Waals surface area contributed by atoms with Gasteiger partial charge in [-0.25, -0.2) is 0 Å². The molecule has 84 valence electrons. The van der Waals surface area contributed by atoms with Gasteiger partial charge in [0.05, 0.1) is 0 Å². The maximum atomic E-state index is 11.8. The highest BCUT2D eigenvalue weighted by Gasteiger charge is 2.23. The van der Waals surface area contributed by atoms with E-state index in [1.54, 1.807) is 0 Å². The molecule has 0 radical (unpaired) electrons. The van der Waals surface area contributed by atoms with E-state index < -0.39 is 0 Å². The van der Waals surface area contributed by atoms with Crippen molar-refractivity contribution >= 4 is 28.5 Å². The zero-order chi connectivity index (χ0) is 11.3. The number of carbonyl (C=O) groups excluding carboxylic acids is 1. The summed E-state index contributed by atoms with van der Waals surface area (Å²) in [4.78, 5) is 11.8. The second kappa shape index (κ2) is 6.64. The van der Waals surface area contributed by atoms with Gasteiger partial charge in [-0.05, 0) is 26.2 Å². The fraction of sp³-hybridized carbons (Fsp3) is 0.909. The van der Waals surface area contributed by atoms with Crippen molar-refractivity contribution in [1.29, 1.82) is 0 Å². The van der Waals surface area contributed by atoms with Gasteiger partial charge in [-0.2, -0.15) is 0 Å². The van der Waals surface area contributed by atoms with E-state index >= 15 is 0 Å². The van der Waals surface area contributed by atoms with E-state index in [4.69, 9.17) is 0 Å². The number of nitrogens with one attached hydrogen (secondary N) is 1. The molecule has 0 aliphatic heterocycles. The van der Waals surface area contributed by atoms with Crippen LogP contribution < -0.4 is 5.32 Å². The molecule has 2 nitrogen and oxygen atoms in total. The zero-order valence-corrected chi connectivity index (χ0v) is 12.0. The summed E-state index contributed by atoms with van der Waals surface area (Å²) in [6.07, 6.45) is 0.969. The van der Waals surface area contributed by atoms with E-state index in [-0.39, 0.29) is 17.9 Å². The van der Waals surface area contributed by atoms with E-state index in [0.717, 1.165) is 6.42 Å². The molecule has 2 atom stereocenters. The van der Waals surface area contributed by atoms with Gasteiger partial charge in [-0.3, -0.25) is 4.79 Å². The number of hydrogen-bond acceptors (Lipinski definition) is 1. The van der Waals surface area contributed by atoms with Gasteiger partial charge in [-0.1, -0.05) is 43.4 Å². The number of amides is 1. The standard InChI is InChI=1S/C11H22INO/c1-7(2)10(6-9(5)12)11(14)13-8(3)4/h7-10H,6H2,1-5H3,(H,13,14). The Balaban J connectivity index is 4.26. The molecule has 0 bridgehead atoms. The van der Waals surface area contributed by atoms with E-state index in [2.05, 4.69) is 48.7 Å². The molecular formula is C11H22INO. The molecule has 0 spiro atoms. The van der Waals surface area contributed by atoms with Crippen LogP contribution in [0.5, 0.6) is 0 Å².